The van der Waals surface area contributed by atoms with E-state index in [1.807, 2.05) is 49.3 Å². The number of piperidine rings is 1. The second-order valence-corrected chi connectivity index (χ2v) is 11.7. The van der Waals surface area contributed by atoms with E-state index in [0.717, 1.165) is 59.5 Å². The summed E-state index contributed by atoms with van der Waals surface area (Å²) in [5.74, 6) is 3.08. The van der Waals surface area contributed by atoms with Gasteiger partial charge in [-0.05, 0) is 57.9 Å². The van der Waals surface area contributed by atoms with Gasteiger partial charge in [0.2, 0.25) is 0 Å². The van der Waals surface area contributed by atoms with Crippen molar-refractivity contribution in [3.8, 4) is 22.6 Å². The van der Waals surface area contributed by atoms with E-state index in [1.165, 1.54) is 12.0 Å². The molecule has 0 amide bonds. The molecule has 0 aromatic carbocycles. The van der Waals surface area contributed by atoms with E-state index in [1.54, 1.807) is 0 Å². The van der Waals surface area contributed by atoms with Gasteiger partial charge in [-0.25, -0.2) is 15.0 Å². The average Bonchev–Trinajstić information content (AvgIpc) is 3.65. The summed E-state index contributed by atoms with van der Waals surface area (Å²) in [6.45, 7) is 11.1. The molecule has 8 heterocycles. The van der Waals surface area contributed by atoms with Gasteiger partial charge >= 0.3 is 0 Å². The Hall–Kier alpha value is -4.64. The van der Waals surface area contributed by atoms with Crippen LogP contribution < -0.4 is 10.2 Å². The summed E-state index contributed by atoms with van der Waals surface area (Å²) in [6, 6.07) is 13.7. The lowest BCUT2D eigenvalue weighted by molar-refractivity contribution is -0.00874. The first kappa shape index (κ1) is 26.3. The molecule has 3 aliphatic heterocycles. The number of anilines is 3. The van der Waals surface area contributed by atoms with Crippen molar-refractivity contribution in [3.05, 3.63) is 78.1 Å². The maximum Gasteiger partial charge on any atom is 0.163 e. The summed E-state index contributed by atoms with van der Waals surface area (Å²) in [5.41, 5.74) is 6.02. The SMILES string of the molecule is Cc1cc(Nc2cc(C)[nH]n2)nc(-c2ccc(N3CC4CC(C3)N4Cc3ccc(-c4cnn(C(C)C)c4)nc3)nc2)n1. The summed E-state index contributed by atoms with van der Waals surface area (Å²) >= 11 is 0. The van der Waals surface area contributed by atoms with E-state index >= 15 is 0 Å². The highest BCUT2D eigenvalue weighted by atomic mass is 15.4. The van der Waals surface area contributed by atoms with Crippen molar-refractivity contribution in [2.75, 3.05) is 23.3 Å². The maximum absolute atomic E-state index is 4.81. The van der Waals surface area contributed by atoms with Crippen LogP contribution in [0.25, 0.3) is 22.6 Å². The zero-order valence-electron chi connectivity index (χ0n) is 24.4. The van der Waals surface area contributed by atoms with Gasteiger partial charge in [0.15, 0.2) is 11.6 Å². The number of pyridine rings is 2. The number of hydrogen-bond donors (Lipinski definition) is 2. The standard InChI is InChI=1S/C31H35N11/c1-19(2)42-16-24(14-34-42)27-7-5-22(12-32-27)15-41-25-11-26(41)18-40(17-25)30-8-6-23(13-33-30)31-35-20(3)9-28(37-31)36-29-10-21(4)38-39-29/h5-10,12-14,16,19,25-26H,11,15,17-18H2,1-4H3,(H2,35,36,37,38,39). The van der Waals surface area contributed by atoms with E-state index in [9.17, 15) is 0 Å². The molecule has 3 saturated heterocycles. The summed E-state index contributed by atoms with van der Waals surface area (Å²) in [7, 11) is 0. The Bertz CT molecular complexity index is 1670. The lowest BCUT2D eigenvalue weighted by Crippen LogP contribution is -2.68. The smallest absolute Gasteiger partial charge is 0.163 e. The third-order valence-corrected chi connectivity index (χ3v) is 8.11. The number of fused-ring (bicyclic) bond motifs is 2. The van der Waals surface area contributed by atoms with Gasteiger partial charge in [-0.15, -0.1) is 0 Å². The van der Waals surface area contributed by atoms with Crippen LogP contribution in [0.4, 0.5) is 17.5 Å². The fraction of sp³-hybridized carbons (Fsp3) is 0.355. The summed E-state index contributed by atoms with van der Waals surface area (Å²) in [6.07, 6.45) is 9.08. The molecule has 0 radical (unpaired) electrons. The van der Waals surface area contributed by atoms with Crippen LogP contribution in [0.3, 0.4) is 0 Å². The molecule has 42 heavy (non-hydrogen) atoms. The van der Waals surface area contributed by atoms with Crippen LogP contribution in [0.15, 0.2) is 61.2 Å². The molecule has 0 saturated carbocycles. The monoisotopic (exact) mass is 561 g/mol. The minimum atomic E-state index is 0.340. The zero-order chi connectivity index (χ0) is 28.8. The van der Waals surface area contributed by atoms with Gasteiger partial charge in [0, 0.05) is 91.0 Å². The molecule has 2 N–H and O–H groups in total. The lowest BCUT2D eigenvalue weighted by atomic mass is 9.87. The lowest BCUT2D eigenvalue weighted by Gasteiger charge is -2.56. The van der Waals surface area contributed by atoms with Crippen LogP contribution >= 0.6 is 0 Å². The Morgan fingerprint density at radius 1 is 0.929 bits per heavy atom. The Morgan fingerprint density at radius 2 is 1.79 bits per heavy atom. The van der Waals surface area contributed by atoms with Crippen LogP contribution in [0.2, 0.25) is 0 Å². The van der Waals surface area contributed by atoms with Gasteiger partial charge < -0.3 is 10.2 Å². The highest BCUT2D eigenvalue weighted by Gasteiger charge is 2.44. The predicted octanol–water partition coefficient (Wildman–Crippen LogP) is 4.92. The second kappa shape index (κ2) is 10.6. The van der Waals surface area contributed by atoms with E-state index < -0.39 is 0 Å². The number of aromatic nitrogens is 8. The van der Waals surface area contributed by atoms with Crippen molar-refractivity contribution in [2.45, 2.75) is 58.8 Å². The number of nitrogens with zero attached hydrogens (tertiary/aromatic N) is 9. The van der Waals surface area contributed by atoms with Crippen LogP contribution in [-0.4, -0.2) is 70.0 Å². The highest BCUT2D eigenvalue weighted by molar-refractivity contribution is 5.61. The molecular formula is C31H35N11. The van der Waals surface area contributed by atoms with Gasteiger partial charge in [0.25, 0.3) is 0 Å². The van der Waals surface area contributed by atoms with Crippen molar-refractivity contribution in [2.24, 2.45) is 0 Å². The quantitative estimate of drug-likeness (QED) is 0.272. The van der Waals surface area contributed by atoms with Crippen molar-refractivity contribution < 1.29 is 0 Å². The minimum absolute atomic E-state index is 0.340. The van der Waals surface area contributed by atoms with Crippen molar-refractivity contribution >= 4 is 17.5 Å². The zero-order valence-corrected chi connectivity index (χ0v) is 24.4. The number of piperazine rings is 1. The first-order valence-corrected chi connectivity index (χ1v) is 14.5. The van der Waals surface area contributed by atoms with E-state index in [4.69, 9.17) is 15.0 Å². The minimum Gasteiger partial charge on any atom is -0.353 e. The summed E-state index contributed by atoms with van der Waals surface area (Å²) < 4.78 is 1.97. The third-order valence-electron chi connectivity index (χ3n) is 8.11. The number of H-pyrrole nitrogens is 1. The van der Waals surface area contributed by atoms with E-state index in [-0.39, 0.29) is 0 Å². The number of aryl methyl sites for hydroxylation is 2. The maximum atomic E-state index is 4.81. The van der Waals surface area contributed by atoms with Crippen LogP contribution in [0.1, 0.15) is 43.3 Å². The molecule has 11 nitrogen and oxygen atoms in total. The van der Waals surface area contributed by atoms with Crippen molar-refractivity contribution in [3.63, 3.8) is 0 Å². The summed E-state index contributed by atoms with van der Waals surface area (Å²) in [4.78, 5) is 23.9. The second-order valence-electron chi connectivity index (χ2n) is 11.7. The molecule has 2 atom stereocenters. The van der Waals surface area contributed by atoms with Crippen LogP contribution in [-0.2, 0) is 6.54 Å². The van der Waals surface area contributed by atoms with Gasteiger partial charge in [-0.1, -0.05) is 6.07 Å². The molecule has 5 aromatic rings. The molecule has 5 aromatic heterocycles. The molecule has 11 heteroatoms. The van der Waals surface area contributed by atoms with Crippen LogP contribution in [0.5, 0.6) is 0 Å². The number of hydrogen-bond acceptors (Lipinski definition) is 9. The summed E-state index contributed by atoms with van der Waals surface area (Å²) in [5, 5.41) is 14.9. The van der Waals surface area contributed by atoms with Gasteiger partial charge in [-0.3, -0.25) is 19.7 Å². The molecule has 214 valence electrons. The Morgan fingerprint density at radius 3 is 2.45 bits per heavy atom. The largest absolute Gasteiger partial charge is 0.353 e. The number of rotatable bonds is 8. The van der Waals surface area contributed by atoms with Gasteiger partial charge in [-0.2, -0.15) is 10.2 Å². The first-order chi connectivity index (χ1) is 20.4. The fourth-order valence-corrected chi connectivity index (χ4v) is 5.87. The topological polar surface area (TPSA) is 117 Å². The number of aromatic amines is 1. The molecule has 3 fully saturated rings. The first-order valence-electron chi connectivity index (χ1n) is 14.5. The Kier molecular flexibility index (Phi) is 6.66. The average molecular weight is 562 g/mol. The molecule has 3 aliphatic rings. The van der Waals surface area contributed by atoms with E-state index in [0.29, 0.717) is 29.8 Å². The normalized spacial score (nSPS) is 18.4. The molecule has 0 spiro atoms. The molecule has 2 unspecified atom stereocenters. The van der Waals surface area contributed by atoms with E-state index in [2.05, 4.69) is 79.7 Å². The molecule has 0 aliphatic carbocycles. The third kappa shape index (κ3) is 5.23. The highest BCUT2D eigenvalue weighted by Crippen LogP contribution is 2.36. The predicted molar refractivity (Wildman–Crippen MR) is 162 cm³/mol. The van der Waals surface area contributed by atoms with Crippen molar-refractivity contribution in [1.82, 2.24) is 44.8 Å². The Balaban J connectivity index is 0.977. The van der Waals surface area contributed by atoms with Crippen molar-refractivity contribution in [1.29, 1.82) is 0 Å². The Labute approximate surface area is 245 Å². The fourth-order valence-electron chi connectivity index (χ4n) is 5.87. The molecule has 2 bridgehead atoms. The molecular weight excluding hydrogens is 526 g/mol. The number of nitrogens with one attached hydrogen (secondary N) is 2. The van der Waals surface area contributed by atoms with Gasteiger partial charge in [0.1, 0.15) is 11.6 Å². The van der Waals surface area contributed by atoms with Crippen LogP contribution in [0, 0.1) is 13.8 Å². The van der Waals surface area contributed by atoms with Gasteiger partial charge in [0.05, 0.1) is 11.9 Å². The molecule has 8 rings (SSSR count).